The maximum atomic E-state index is 12.8. The van der Waals surface area contributed by atoms with Crippen LogP contribution in [0.2, 0.25) is 0 Å². The summed E-state index contributed by atoms with van der Waals surface area (Å²) < 4.78 is 81.5. The van der Waals surface area contributed by atoms with Crippen molar-refractivity contribution in [1.29, 1.82) is 0 Å². The fraction of sp³-hybridized carbons (Fsp3) is 0.263. The molecule has 0 bridgehead atoms. The van der Waals surface area contributed by atoms with Gasteiger partial charge in [-0.05, 0) is 29.8 Å². The van der Waals surface area contributed by atoms with Gasteiger partial charge in [-0.3, -0.25) is 4.79 Å². The largest absolute Gasteiger partial charge is 0.467 e. The molecule has 1 N–H and O–H groups in total. The lowest BCUT2D eigenvalue weighted by atomic mass is 10.0. The Hall–Kier alpha value is -3.04. The Labute approximate surface area is 161 Å². The van der Waals surface area contributed by atoms with Gasteiger partial charge in [0.2, 0.25) is 0 Å². The first-order valence-corrected chi connectivity index (χ1v) is 8.14. The number of methoxy groups -OCH3 is 1. The summed E-state index contributed by atoms with van der Waals surface area (Å²) in [6, 6.07) is 6.24. The third-order valence-electron chi connectivity index (χ3n) is 3.94. The summed E-state index contributed by atoms with van der Waals surface area (Å²) in [6.45, 7) is 0. The van der Waals surface area contributed by atoms with Gasteiger partial charge in [0, 0.05) is 12.0 Å². The van der Waals surface area contributed by atoms with Gasteiger partial charge in [-0.15, -0.1) is 0 Å². The number of carbonyl (C=O) groups is 2. The van der Waals surface area contributed by atoms with Crippen LogP contribution in [0.5, 0.6) is 0 Å². The molecular formula is C19H15F6NO3. The highest BCUT2D eigenvalue weighted by molar-refractivity contribution is 5.97. The number of halogens is 6. The van der Waals surface area contributed by atoms with Crippen molar-refractivity contribution in [2.45, 2.75) is 24.8 Å². The van der Waals surface area contributed by atoms with Crippen molar-refractivity contribution in [2.24, 2.45) is 0 Å². The highest BCUT2D eigenvalue weighted by Gasteiger charge is 2.32. The lowest BCUT2D eigenvalue weighted by molar-refractivity contribution is -0.143. The summed E-state index contributed by atoms with van der Waals surface area (Å²) in [6.07, 6.45) is -9.62. The van der Waals surface area contributed by atoms with E-state index in [0.717, 1.165) is 43.5 Å². The fourth-order valence-electron chi connectivity index (χ4n) is 2.52. The van der Waals surface area contributed by atoms with Crippen molar-refractivity contribution >= 4 is 11.9 Å². The zero-order valence-corrected chi connectivity index (χ0v) is 14.9. The third-order valence-corrected chi connectivity index (χ3v) is 3.94. The van der Waals surface area contributed by atoms with E-state index in [2.05, 4.69) is 10.1 Å². The Morgan fingerprint density at radius 2 is 1.48 bits per heavy atom. The summed E-state index contributed by atoms with van der Waals surface area (Å²) >= 11 is 0. The average molecular weight is 419 g/mol. The van der Waals surface area contributed by atoms with E-state index in [1.54, 1.807) is 0 Å². The first-order valence-electron chi connectivity index (χ1n) is 8.14. The van der Waals surface area contributed by atoms with Crippen molar-refractivity contribution in [3.8, 4) is 0 Å². The van der Waals surface area contributed by atoms with Crippen LogP contribution in [0.4, 0.5) is 26.3 Å². The maximum absolute atomic E-state index is 12.8. The third kappa shape index (κ3) is 5.97. The lowest BCUT2D eigenvalue weighted by Crippen LogP contribution is -2.43. The number of benzene rings is 2. The van der Waals surface area contributed by atoms with Gasteiger partial charge in [-0.1, -0.05) is 24.3 Å². The average Bonchev–Trinajstić information content (AvgIpc) is 2.65. The predicted octanol–water partition coefficient (Wildman–Crippen LogP) is 4.24. The van der Waals surface area contributed by atoms with E-state index >= 15 is 0 Å². The van der Waals surface area contributed by atoms with Crippen LogP contribution in [0, 0.1) is 0 Å². The van der Waals surface area contributed by atoms with E-state index in [1.807, 2.05) is 0 Å². The fourth-order valence-corrected chi connectivity index (χ4v) is 2.52. The van der Waals surface area contributed by atoms with E-state index in [9.17, 15) is 35.9 Å². The Morgan fingerprint density at radius 3 is 2.03 bits per heavy atom. The minimum atomic E-state index is -4.67. The molecule has 0 aliphatic heterocycles. The standard InChI is InChI=1S/C19H15F6NO3/c1-29-17(28)15(9-11-4-2-6-13(8-11)18(20,21)22)26-16(27)12-5-3-7-14(10-12)19(23,24)25/h2-8,10,15H,9H2,1H3,(H,26,27)/t15-/m1/s1. The van der Waals surface area contributed by atoms with Crippen LogP contribution in [0.3, 0.4) is 0 Å². The molecule has 0 aromatic heterocycles. The van der Waals surface area contributed by atoms with Crippen molar-refractivity contribution in [2.75, 3.05) is 7.11 Å². The molecule has 0 spiro atoms. The molecule has 0 heterocycles. The van der Waals surface area contributed by atoms with Gasteiger partial charge < -0.3 is 10.1 Å². The molecule has 4 nitrogen and oxygen atoms in total. The van der Waals surface area contributed by atoms with Crippen molar-refractivity contribution in [1.82, 2.24) is 5.32 Å². The zero-order valence-electron chi connectivity index (χ0n) is 14.9. The molecule has 29 heavy (non-hydrogen) atoms. The van der Waals surface area contributed by atoms with E-state index in [0.29, 0.717) is 6.07 Å². The Kier molecular flexibility index (Phi) is 6.55. The number of rotatable bonds is 5. The summed E-state index contributed by atoms with van der Waals surface area (Å²) in [4.78, 5) is 24.3. The van der Waals surface area contributed by atoms with Gasteiger partial charge in [0.15, 0.2) is 0 Å². The second-order valence-electron chi connectivity index (χ2n) is 6.03. The molecule has 2 rings (SSSR count). The summed E-state index contributed by atoms with van der Waals surface area (Å²) in [5.74, 6) is -1.96. The topological polar surface area (TPSA) is 55.4 Å². The quantitative estimate of drug-likeness (QED) is 0.583. The van der Waals surface area contributed by atoms with Crippen LogP contribution >= 0.6 is 0 Å². The Morgan fingerprint density at radius 1 is 0.931 bits per heavy atom. The molecule has 0 saturated heterocycles. The van der Waals surface area contributed by atoms with Crippen LogP contribution in [-0.4, -0.2) is 25.0 Å². The molecular weight excluding hydrogens is 404 g/mol. The van der Waals surface area contributed by atoms with Gasteiger partial charge >= 0.3 is 18.3 Å². The minimum absolute atomic E-state index is 0.0829. The number of esters is 1. The molecule has 0 aliphatic carbocycles. The molecule has 2 aromatic rings. The predicted molar refractivity (Wildman–Crippen MR) is 89.9 cm³/mol. The number of nitrogens with one attached hydrogen (secondary N) is 1. The van der Waals surface area contributed by atoms with Crippen LogP contribution in [0.15, 0.2) is 48.5 Å². The van der Waals surface area contributed by atoms with Crippen LogP contribution in [-0.2, 0) is 28.3 Å². The molecule has 0 unspecified atom stereocenters. The summed E-state index contributed by atoms with van der Waals surface area (Å²) in [5, 5.41) is 2.21. The molecule has 156 valence electrons. The molecule has 0 aliphatic rings. The number of ether oxygens (including phenoxy) is 1. The number of amides is 1. The van der Waals surface area contributed by atoms with Gasteiger partial charge in [-0.25, -0.2) is 4.79 Å². The van der Waals surface area contributed by atoms with Crippen molar-refractivity contribution in [3.63, 3.8) is 0 Å². The number of alkyl halides is 6. The van der Waals surface area contributed by atoms with Crippen molar-refractivity contribution in [3.05, 3.63) is 70.8 Å². The van der Waals surface area contributed by atoms with Crippen molar-refractivity contribution < 1.29 is 40.7 Å². The number of hydrogen-bond donors (Lipinski definition) is 1. The molecule has 10 heteroatoms. The van der Waals surface area contributed by atoms with Crippen LogP contribution in [0.25, 0.3) is 0 Å². The molecule has 1 atom stereocenters. The van der Waals surface area contributed by atoms with Gasteiger partial charge in [-0.2, -0.15) is 26.3 Å². The lowest BCUT2D eigenvalue weighted by Gasteiger charge is -2.18. The van der Waals surface area contributed by atoms with Crippen LogP contribution in [0.1, 0.15) is 27.0 Å². The molecule has 0 fully saturated rings. The summed E-state index contributed by atoms with van der Waals surface area (Å²) in [7, 11) is 1.01. The SMILES string of the molecule is COC(=O)[C@@H](Cc1cccc(C(F)(F)F)c1)NC(=O)c1cccc(C(F)(F)F)c1. The summed E-state index contributed by atoms with van der Waals surface area (Å²) in [5.41, 5.74) is -2.28. The molecule has 0 saturated carbocycles. The van der Waals surface area contributed by atoms with E-state index in [-0.39, 0.29) is 17.5 Å². The Bertz CT molecular complexity index is 892. The maximum Gasteiger partial charge on any atom is 0.416 e. The van der Waals surface area contributed by atoms with E-state index in [4.69, 9.17) is 0 Å². The van der Waals surface area contributed by atoms with Gasteiger partial charge in [0.25, 0.3) is 5.91 Å². The van der Waals surface area contributed by atoms with Crippen LogP contribution < -0.4 is 5.32 Å². The molecule has 1 amide bonds. The zero-order chi connectivity index (χ0) is 21.8. The smallest absolute Gasteiger partial charge is 0.416 e. The Balaban J connectivity index is 2.24. The molecule has 2 aromatic carbocycles. The minimum Gasteiger partial charge on any atom is -0.467 e. The van der Waals surface area contributed by atoms with E-state index in [1.165, 1.54) is 6.07 Å². The first-order chi connectivity index (χ1) is 13.4. The molecule has 0 radical (unpaired) electrons. The second kappa shape index (κ2) is 8.54. The highest BCUT2D eigenvalue weighted by Crippen LogP contribution is 2.30. The highest BCUT2D eigenvalue weighted by atomic mass is 19.4. The second-order valence-corrected chi connectivity index (χ2v) is 6.03. The number of hydrogen-bond acceptors (Lipinski definition) is 3. The van der Waals surface area contributed by atoms with Gasteiger partial charge in [0.1, 0.15) is 6.04 Å². The number of carbonyl (C=O) groups excluding carboxylic acids is 2. The van der Waals surface area contributed by atoms with E-state index < -0.39 is 41.4 Å². The first kappa shape index (κ1) is 22.3. The normalized spacial score (nSPS) is 12.9. The monoisotopic (exact) mass is 419 g/mol. The van der Waals surface area contributed by atoms with Gasteiger partial charge in [0.05, 0.1) is 18.2 Å².